The van der Waals surface area contributed by atoms with Crippen LogP contribution in [0.1, 0.15) is 55.4 Å². The van der Waals surface area contributed by atoms with Gasteiger partial charge in [-0.25, -0.2) is 0 Å². The van der Waals surface area contributed by atoms with Gasteiger partial charge in [-0.05, 0) is 82.7 Å². The van der Waals surface area contributed by atoms with E-state index in [0.29, 0.717) is 19.1 Å². The fourth-order valence-electron chi connectivity index (χ4n) is 6.90. The first-order chi connectivity index (χ1) is 19.7. The van der Waals surface area contributed by atoms with E-state index in [1.165, 1.54) is 39.0 Å². The van der Waals surface area contributed by atoms with E-state index in [-0.39, 0.29) is 17.6 Å². The Morgan fingerprint density at radius 1 is 0.800 bits per heavy atom. The first-order valence-corrected chi connectivity index (χ1v) is 14.9. The molecule has 40 heavy (non-hydrogen) atoms. The van der Waals surface area contributed by atoms with Crippen molar-refractivity contribution in [3.63, 3.8) is 0 Å². The summed E-state index contributed by atoms with van der Waals surface area (Å²) in [4.78, 5) is 0. The third-order valence-corrected chi connectivity index (χ3v) is 9.08. The Morgan fingerprint density at radius 2 is 1.45 bits per heavy atom. The SMILES string of the molecule is CCC1=C(OCC2CO2)C=CCC1CC1(c2ccc(OCC3CO3)c(CC)c2)c2ccccc2-c2ccccc21. The lowest BCUT2D eigenvalue weighted by Crippen LogP contribution is -2.31. The van der Waals surface area contributed by atoms with Gasteiger partial charge in [0.15, 0.2) is 0 Å². The normalized spacial score (nSPS) is 23.5. The molecule has 7 rings (SSSR count). The van der Waals surface area contributed by atoms with Gasteiger partial charge in [-0.1, -0.05) is 80.6 Å². The van der Waals surface area contributed by atoms with Crippen LogP contribution < -0.4 is 4.74 Å². The van der Waals surface area contributed by atoms with E-state index in [1.807, 2.05) is 0 Å². The summed E-state index contributed by atoms with van der Waals surface area (Å²) in [6.07, 6.45) is 8.89. The number of rotatable bonds is 11. The van der Waals surface area contributed by atoms with Gasteiger partial charge in [0.2, 0.25) is 0 Å². The number of ether oxygens (including phenoxy) is 4. The molecule has 3 aromatic carbocycles. The van der Waals surface area contributed by atoms with E-state index in [9.17, 15) is 0 Å². The van der Waals surface area contributed by atoms with Crippen LogP contribution in [0.5, 0.6) is 5.75 Å². The average Bonchev–Trinajstić information content (AvgIpc) is 3.94. The maximum Gasteiger partial charge on any atom is 0.122 e. The molecule has 0 bridgehead atoms. The summed E-state index contributed by atoms with van der Waals surface area (Å²) in [7, 11) is 0. The molecular formula is C36H38O4. The lowest BCUT2D eigenvalue weighted by Gasteiger charge is -2.38. The Hall–Kier alpha value is -3.34. The first kappa shape index (κ1) is 25.6. The van der Waals surface area contributed by atoms with Crippen LogP contribution in [0, 0.1) is 5.92 Å². The molecule has 0 radical (unpaired) electrons. The van der Waals surface area contributed by atoms with Crippen LogP contribution in [0.4, 0.5) is 0 Å². The number of hydrogen-bond acceptors (Lipinski definition) is 4. The molecule has 4 heteroatoms. The molecule has 0 spiro atoms. The Bertz CT molecular complexity index is 1410. The predicted molar refractivity (Wildman–Crippen MR) is 158 cm³/mol. The number of benzene rings is 3. The van der Waals surface area contributed by atoms with Crippen molar-refractivity contribution >= 4 is 0 Å². The van der Waals surface area contributed by atoms with Gasteiger partial charge in [-0.15, -0.1) is 0 Å². The standard InChI is InChI=1S/C36H38O4/c1-3-24-18-26(16-17-34(24)39-22-27-20-37-27)36(32-13-7-5-11-30(32)31-12-6-8-14-33(31)36)19-25-10-9-15-35(29(25)4-2)40-23-28-21-38-28/h5-9,11-18,25,27-28H,3-4,10,19-23H2,1-2H3. The second-order valence-corrected chi connectivity index (χ2v) is 11.5. The smallest absolute Gasteiger partial charge is 0.122 e. The van der Waals surface area contributed by atoms with E-state index < -0.39 is 0 Å². The van der Waals surface area contributed by atoms with Gasteiger partial charge in [0, 0.05) is 5.41 Å². The summed E-state index contributed by atoms with van der Waals surface area (Å²) < 4.78 is 23.4. The van der Waals surface area contributed by atoms with Crippen molar-refractivity contribution in [3.8, 4) is 16.9 Å². The van der Waals surface area contributed by atoms with E-state index in [0.717, 1.165) is 50.4 Å². The van der Waals surface area contributed by atoms with E-state index in [1.54, 1.807) is 0 Å². The molecule has 3 aromatic rings. The van der Waals surface area contributed by atoms with Crippen LogP contribution in [-0.4, -0.2) is 38.6 Å². The minimum Gasteiger partial charge on any atom is -0.491 e. The Morgan fingerprint density at radius 3 is 2.08 bits per heavy atom. The Kier molecular flexibility index (Phi) is 6.77. The Labute approximate surface area is 237 Å². The Balaban J connectivity index is 1.35. The molecule has 206 valence electrons. The van der Waals surface area contributed by atoms with Gasteiger partial charge in [0.05, 0.1) is 13.2 Å². The highest BCUT2D eigenvalue weighted by molar-refractivity contribution is 5.83. The summed E-state index contributed by atoms with van der Waals surface area (Å²) in [6, 6.07) is 25.0. The van der Waals surface area contributed by atoms with Crippen LogP contribution in [0.3, 0.4) is 0 Å². The molecule has 2 saturated heterocycles. The molecule has 4 aliphatic rings. The van der Waals surface area contributed by atoms with Crippen molar-refractivity contribution in [2.45, 2.75) is 57.2 Å². The highest BCUT2D eigenvalue weighted by Gasteiger charge is 2.46. The monoisotopic (exact) mass is 534 g/mol. The van der Waals surface area contributed by atoms with Gasteiger partial charge >= 0.3 is 0 Å². The maximum absolute atomic E-state index is 6.33. The second-order valence-electron chi connectivity index (χ2n) is 11.5. The van der Waals surface area contributed by atoms with Gasteiger partial charge in [-0.2, -0.15) is 0 Å². The van der Waals surface area contributed by atoms with E-state index in [4.69, 9.17) is 18.9 Å². The van der Waals surface area contributed by atoms with Crippen molar-refractivity contribution in [1.82, 2.24) is 0 Å². The second kappa shape index (κ2) is 10.6. The minimum atomic E-state index is -0.268. The zero-order valence-corrected chi connectivity index (χ0v) is 23.5. The largest absolute Gasteiger partial charge is 0.491 e. The van der Waals surface area contributed by atoms with Crippen molar-refractivity contribution in [1.29, 1.82) is 0 Å². The van der Waals surface area contributed by atoms with Crippen LogP contribution in [0.2, 0.25) is 0 Å². The fourth-order valence-corrected chi connectivity index (χ4v) is 6.90. The van der Waals surface area contributed by atoms with Crippen molar-refractivity contribution in [3.05, 3.63) is 112 Å². The van der Waals surface area contributed by atoms with Gasteiger partial charge in [-0.3, -0.25) is 0 Å². The van der Waals surface area contributed by atoms with Crippen LogP contribution >= 0.6 is 0 Å². The zero-order chi connectivity index (χ0) is 27.1. The molecule has 2 fully saturated rings. The highest BCUT2D eigenvalue weighted by Crippen LogP contribution is 2.57. The quantitative estimate of drug-likeness (QED) is 0.241. The fraction of sp³-hybridized carbons (Fsp3) is 0.389. The van der Waals surface area contributed by atoms with Crippen molar-refractivity contribution in [2.24, 2.45) is 5.92 Å². The maximum atomic E-state index is 6.33. The molecule has 2 aliphatic heterocycles. The summed E-state index contributed by atoms with van der Waals surface area (Å²) in [6.45, 7) is 7.37. The number of hydrogen-bond donors (Lipinski definition) is 0. The number of fused-ring (bicyclic) bond motifs is 3. The molecule has 0 amide bonds. The molecule has 0 saturated carbocycles. The topological polar surface area (TPSA) is 43.5 Å². The van der Waals surface area contributed by atoms with Gasteiger partial charge < -0.3 is 18.9 Å². The van der Waals surface area contributed by atoms with Crippen LogP contribution in [-0.2, 0) is 26.0 Å². The average molecular weight is 535 g/mol. The van der Waals surface area contributed by atoms with Gasteiger partial charge in [0.1, 0.15) is 36.9 Å². The molecule has 4 nitrogen and oxygen atoms in total. The van der Waals surface area contributed by atoms with Crippen molar-refractivity contribution in [2.75, 3.05) is 26.4 Å². The molecule has 2 aliphatic carbocycles. The van der Waals surface area contributed by atoms with Crippen LogP contribution in [0.15, 0.2) is 90.2 Å². The summed E-state index contributed by atoms with van der Waals surface area (Å²) in [5, 5.41) is 0. The molecule has 0 N–H and O–H groups in total. The van der Waals surface area contributed by atoms with E-state index >= 15 is 0 Å². The predicted octanol–water partition coefficient (Wildman–Crippen LogP) is 7.39. The third-order valence-electron chi connectivity index (χ3n) is 9.08. The number of aryl methyl sites for hydroxylation is 1. The molecule has 3 atom stereocenters. The molecule has 2 heterocycles. The molecular weight excluding hydrogens is 496 g/mol. The number of epoxide rings is 2. The van der Waals surface area contributed by atoms with E-state index in [2.05, 4.69) is 92.7 Å². The first-order valence-electron chi connectivity index (χ1n) is 14.9. The number of allylic oxidation sites excluding steroid dienone is 3. The zero-order valence-electron chi connectivity index (χ0n) is 23.5. The minimum absolute atomic E-state index is 0.241. The molecule has 3 unspecified atom stereocenters. The molecule has 0 aromatic heterocycles. The van der Waals surface area contributed by atoms with Gasteiger partial charge in [0.25, 0.3) is 0 Å². The highest BCUT2D eigenvalue weighted by atomic mass is 16.6. The lowest BCUT2D eigenvalue weighted by molar-refractivity contribution is 0.184. The van der Waals surface area contributed by atoms with Crippen LogP contribution in [0.25, 0.3) is 11.1 Å². The lowest BCUT2D eigenvalue weighted by atomic mass is 9.65. The summed E-state index contributed by atoms with van der Waals surface area (Å²) >= 11 is 0. The summed E-state index contributed by atoms with van der Waals surface area (Å²) in [5.41, 5.74) is 9.24. The summed E-state index contributed by atoms with van der Waals surface area (Å²) in [5.74, 6) is 2.39. The van der Waals surface area contributed by atoms with Crippen molar-refractivity contribution < 1.29 is 18.9 Å². The third kappa shape index (κ3) is 4.57.